The zero-order chi connectivity index (χ0) is 25.0. The summed E-state index contributed by atoms with van der Waals surface area (Å²) in [6.45, 7) is 0. The number of rotatable bonds is 3. The van der Waals surface area contributed by atoms with E-state index in [1.54, 1.807) is 30.3 Å². The highest BCUT2D eigenvalue weighted by Crippen LogP contribution is 2.36. The Morgan fingerprint density at radius 1 is 0.889 bits per heavy atom. The van der Waals surface area contributed by atoms with E-state index in [4.69, 9.17) is 37.9 Å². The van der Waals surface area contributed by atoms with Gasteiger partial charge in [0.2, 0.25) is 5.89 Å². The zero-order valence-corrected chi connectivity index (χ0v) is 19.8. The molecule has 6 rings (SSSR count). The Bertz CT molecular complexity index is 1750. The second kappa shape index (κ2) is 8.35. The highest BCUT2D eigenvalue weighted by atomic mass is 35.5. The maximum atomic E-state index is 13.1. The predicted octanol–water partition coefficient (Wildman–Crippen LogP) is 6.93. The van der Waals surface area contributed by atoms with Crippen molar-refractivity contribution in [1.29, 1.82) is 5.26 Å². The van der Waals surface area contributed by atoms with Gasteiger partial charge in [-0.15, -0.1) is 0 Å². The summed E-state index contributed by atoms with van der Waals surface area (Å²) in [5.41, 5.74) is 4.04. The van der Waals surface area contributed by atoms with Crippen molar-refractivity contribution in [3.05, 3.63) is 111 Å². The van der Waals surface area contributed by atoms with Gasteiger partial charge in [0.1, 0.15) is 0 Å². The number of allylic oxidation sites excluding steroid dienone is 1. The number of nitriles is 1. The van der Waals surface area contributed by atoms with E-state index >= 15 is 0 Å². The number of fused-ring (bicyclic) bond motifs is 2. The Kier molecular flexibility index (Phi) is 5.11. The molecular weight excluding hydrogens is 497 g/mol. The van der Waals surface area contributed by atoms with Crippen molar-refractivity contribution in [3.63, 3.8) is 0 Å². The Hall–Kier alpha value is -4.44. The molecule has 2 aromatic heterocycles. The molecule has 3 aromatic carbocycles. The fourth-order valence-corrected chi connectivity index (χ4v) is 4.59. The topological polar surface area (TPSA) is 88.9 Å². The van der Waals surface area contributed by atoms with Crippen LogP contribution >= 0.6 is 23.2 Å². The molecule has 0 atom stereocenters. The van der Waals surface area contributed by atoms with E-state index in [1.165, 1.54) is 18.2 Å². The second-order valence-corrected chi connectivity index (χ2v) is 8.98. The maximum Gasteiger partial charge on any atom is 0.228 e. The third-order valence-corrected chi connectivity index (χ3v) is 6.71. The molecule has 0 unspecified atom stereocenters. The van der Waals surface area contributed by atoms with Crippen molar-refractivity contribution in [2.24, 2.45) is 0 Å². The third-order valence-electron chi connectivity index (χ3n) is 5.99. The van der Waals surface area contributed by atoms with Crippen LogP contribution in [0.3, 0.4) is 0 Å². The van der Waals surface area contributed by atoms with Crippen molar-refractivity contribution in [3.8, 4) is 23.2 Å². The van der Waals surface area contributed by atoms with E-state index in [0.717, 1.165) is 11.3 Å². The number of aromatic nitrogens is 2. The monoisotopic (exact) mass is 509 g/mol. The number of benzene rings is 3. The maximum absolute atomic E-state index is 13.1. The van der Waals surface area contributed by atoms with Gasteiger partial charge >= 0.3 is 0 Å². The van der Waals surface area contributed by atoms with Crippen molar-refractivity contribution in [1.82, 2.24) is 9.55 Å². The molecule has 8 heteroatoms. The number of carbonyl (C=O) groups excluding carboxylic acids is 2. The summed E-state index contributed by atoms with van der Waals surface area (Å²) in [5.74, 6) is -0.451. The van der Waals surface area contributed by atoms with Crippen LogP contribution in [0.15, 0.2) is 82.8 Å². The summed E-state index contributed by atoms with van der Waals surface area (Å²) in [6.07, 6.45) is 1.54. The number of hydrogen-bond donors (Lipinski definition) is 0. The molecule has 0 radical (unpaired) electrons. The van der Waals surface area contributed by atoms with Crippen molar-refractivity contribution in [2.45, 2.75) is 0 Å². The molecule has 0 spiro atoms. The number of carbonyl (C=O) groups is 2. The second-order valence-electron chi connectivity index (χ2n) is 8.16. The van der Waals surface area contributed by atoms with Crippen LogP contribution in [0.1, 0.15) is 32.0 Å². The van der Waals surface area contributed by atoms with Crippen LogP contribution in [0.4, 0.5) is 0 Å². The molecule has 1 aliphatic rings. The Balaban J connectivity index is 1.51. The molecular formula is C28H13Cl2N3O3. The lowest BCUT2D eigenvalue weighted by Gasteiger charge is -2.07. The molecule has 172 valence electrons. The third kappa shape index (κ3) is 3.45. The van der Waals surface area contributed by atoms with Gasteiger partial charge in [-0.1, -0.05) is 41.4 Å². The average Bonchev–Trinajstić information content (AvgIpc) is 3.52. The van der Waals surface area contributed by atoms with Gasteiger partial charge in [0, 0.05) is 28.4 Å². The summed E-state index contributed by atoms with van der Waals surface area (Å²) in [5, 5.41) is 9.47. The normalized spacial score (nSPS) is 12.8. The SMILES string of the molecule is N#Cc1ccc(-c2nc3c(cc(C=C4C(=O)c5cc(Cl)c(Cl)cc5C4=O)n3-c3ccccc3)o2)cc1. The van der Waals surface area contributed by atoms with Gasteiger partial charge in [-0.05, 0) is 54.6 Å². The Morgan fingerprint density at radius 3 is 2.14 bits per heavy atom. The van der Waals surface area contributed by atoms with E-state index in [2.05, 4.69) is 6.07 Å². The molecule has 5 aromatic rings. The molecule has 0 amide bonds. The van der Waals surface area contributed by atoms with Crippen molar-refractivity contribution < 1.29 is 14.0 Å². The summed E-state index contributed by atoms with van der Waals surface area (Å²) in [4.78, 5) is 30.9. The molecule has 0 aliphatic heterocycles. The van der Waals surface area contributed by atoms with E-state index in [-0.39, 0.29) is 26.7 Å². The number of ketones is 2. The molecule has 0 fully saturated rings. The molecule has 0 saturated heterocycles. The van der Waals surface area contributed by atoms with Gasteiger partial charge in [-0.2, -0.15) is 10.2 Å². The van der Waals surface area contributed by atoms with Crippen LogP contribution in [-0.4, -0.2) is 21.1 Å². The van der Waals surface area contributed by atoms with Crippen LogP contribution in [0.5, 0.6) is 0 Å². The first kappa shape index (κ1) is 22.1. The summed E-state index contributed by atoms with van der Waals surface area (Å²) >= 11 is 12.2. The summed E-state index contributed by atoms with van der Waals surface area (Å²) in [7, 11) is 0. The van der Waals surface area contributed by atoms with Crippen LogP contribution in [0.25, 0.3) is 34.4 Å². The minimum atomic E-state index is -0.419. The zero-order valence-electron chi connectivity index (χ0n) is 18.3. The number of halogens is 2. The number of nitrogens with zero attached hydrogens (tertiary/aromatic N) is 3. The first-order chi connectivity index (χ1) is 17.4. The van der Waals surface area contributed by atoms with Gasteiger partial charge in [0.25, 0.3) is 0 Å². The fourth-order valence-electron chi connectivity index (χ4n) is 4.26. The van der Waals surface area contributed by atoms with Gasteiger partial charge in [-0.3, -0.25) is 14.2 Å². The average molecular weight is 510 g/mol. The van der Waals surface area contributed by atoms with Crippen LogP contribution in [-0.2, 0) is 0 Å². The smallest absolute Gasteiger partial charge is 0.228 e. The van der Waals surface area contributed by atoms with Crippen molar-refractivity contribution >= 4 is 52.1 Å². The van der Waals surface area contributed by atoms with Crippen molar-refractivity contribution in [2.75, 3.05) is 0 Å². The fraction of sp³-hybridized carbons (Fsp3) is 0. The molecule has 0 N–H and O–H groups in total. The molecule has 36 heavy (non-hydrogen) atoms. The number of hydrogen-bond acceptors (Lipinski definition) is 5. The van der Waals surface area contributed by atoms with Gasteiger partial charge < -0.3 is 4.42 Å². The minimum Gasteiger partial charge on any atom is -0.434 e. The Labute approximate surface area is 214 Å². The summed E-state index contributed by atoms with van der Waals surface area (Å²) in [6, 6.07) is 23.0. The van der Waals surface area contributed by atoms with E-state index in [1.807, 2.05) is 34.9 Å². The standard InChI is InChI=1S/C28H13Cl2N3O3/c29-22-12-19-20(13-23(22)30)26(35)21(25(19)34)10-18-11-24-27(33(18)17-4-2-1-3-5-17)32-28(36-24)16-8-6-15(14-31)7-9-16/h1-13H. The highest BCUT2D eigenvalue weighted by molar-refractivity contribution is 6.46. The van der Waals surface area contributed by atoms with Crippen LogP contribution < -0.4 is 0 Å². The molecule has 1 aliphatic carbocycles. The minimum absolute atomic E-state index is 0.00739. The lowest BCUT2D eigenvalue weighted by Crippen LogP contribution is -2.03. The van der Waals surface area contributed by atoms with Gasteiger partial charge in [0.05, 0.1) is 32.9 Å². The van der Waals surface area contributed by atoms with Crippen LogP contribution in [0.2, 0.25) is 10.0 Å². The number of oxazole rings is 1. The van der Waals surface area contributed by atoms with Gasteiger partial charge in [0.15, 0.2) is 22.8 Å². The molecule has 2 heterocycles. The Morgan fingerprint density at radius 2 is 1.53 bits per heavy atom. The van der Waals surface area contributed by atoms with Crippen LogP contribution in [0, 0.1) is 11.3 Å². The quantitative estimate of drug-likeness (QED) is 0.194. The number of para-hydroxylation sites is 1. The lowest BCUT2D eigenvalue weighted by molar-refractivity contribution is 0.0990. The predicted molar refractivity (Wildman–Crippen MR) is 137 cm³/mol. The number of Topliss-reactive ketones (excluding diaryl/α,β-unsaturated/α-hetero) is 2. The highest BCUT2D eigenvalue weighted by Gasteiger charge is 2.34. The van der Waals surface area contributed by atoms with E-state index in [9.17, 15) is 9.59 Å². The largest absolute Gasteiger partial charge is 0.434 e. The van der Waals surface area contributed by atoms with Gasteiger partial charge in [-0.25, -0.2) is 0 Å². The lowest BCUT2D eigenvalue weighted by atomic mass is 10.1. The first-order valence-electron chi connectivity index (χ1n) is 10.8. The summed E-state index contributed by atoms with van der Waals surface area (Å²) < 4.78 is 7.85. The van der Waals surface area contributed by atoms with E-state index in [0.29, 0.717) is 28.4 Å². The van der Waals surface area contributed by atoms with E-state index < -0.39 is 11.6 Å². The first-order valence-corrected chi connectivity index (χ1v) is 11.6. The molecule has 0 saturated carbocycles. The molecule has 6 nitrogen and oxygen atoms in total. The molecule has 0 bridgehead atoms.